The van der Waals surface area contributed by atoms with Crippen molar-refractivity contribution in [1.29, 1.82) is 0 Å². The van der Waals surface area contributed by atoms with Crippen molar-refractivity contribution in [3.8, 4) is 0 Å². The predicted molar refractivity (Wildman–Crippen MR) is 119 cm³/mol. The smallest absolute Gasteiger partial charge is 0.302 e. The SMILES string of the molecule is CC.O=C(Cn1c(=O)n(CCN2CCCCC2)c2ccccc21)C1CCCCC1. The zero-order chi connectivity index (χ0) is 20.6. The van der Waals surface area contributed by atoms with Gasteiger partial charge in [0, 0.05) is 19.0 Å². The van der Waals surface area contributed by atoms with Crippen LogP contribution < -0.4 is 5.69 Å². The molecule has 160 valence electrons. The highest BCUT2D eigenvalue weighted by Crippen LogP contribution is 2.25. The highest BCUT2D eigenvalue weighted by atomic mass is 16.2. The van der Waals surface area contributed by atoms with E-state index in [-0.39, 0.29) is 23.9 Å². The number of rotatable bonds is 6. The third-order valence-electron chi connectivity index (χ3n) is 6.39. The Morgan fingerprint density at radius 1 is 0.862 bits per heavy atom. The van der Waals surface area contributed by atoms with E-state index in [0.29, 0.717) is 6.54 Å². The lowest BCUT2D eigenvalue weighted by molar-refractivity contribution is -0.124. The molecule has 0 amide bonds. The van der Waals surface area contributed by atoms with Crippen molar-refractivity contribution in [2.45, 2.75) is 78.3 Å². The van der Waals surface area contributed by atoms with Crippen molar-refractivity contribution >= 4 is 16.8 Å². The Morgan fingerprint density at radius 3 is 2.10 bits per heavy atom. The number of fused-ring (bicyclic) bond motifs is 1. The summed E-state index contributed by atoms with van der Waals surface area (Å²) in [5, 5.41) is 0. The fourth-order valence-electron chi connectivity index (χ4n) is 4.78. The second-order valence-corrected chi connectivity index (χ2v) is 8.21. The van der Waals surface area contributed by atoms with Gasteiger partial charge in [-0.05, 0) is 50.9 Å². The number of imidazole rings is 1. The van der Waals surface area contributed by atoms with E-state index < -0.39 is 0 Å². The molecule has 1 aliphatic heterocycles. The van der Waals surface area contributed by atoms with Crippen LogP contribution in [0.4, 0.5) is 0 Å². The van der Waals surface area contributed by atoms with E-state index in [1.165, 1.54) is 25.7 Å². The normalized spacial score (nSPS) is 18.4. The van der Waals surface area contributed by atoms with Crippen LogP contribution in [0, 0.1) is 5.92 Å². The number of piperidine rings is 1. The van der Waals surface area contributed by atoms with Crippen molar-refractivity contribution in [2.24, 2.45) is 5.92 Å². The molecule has 4 rings (SSSR count). The first-order chi connectivity index (χ1) is 14.2. The summed E-state index contributed by atoms with van der Waals surface area (Å²) in [7, 11) is 0. The van der Waals surface area contributed by atoms with Gasteiger partial charge in [0.1, 0.15) is 0 Å². The van der Waals surface area contributed by atoms with Crippen LogP contribution in [0.1, 0.15) is 65.2 Å². The van der Waals surface area contributed by atoms with Crippen LogP contribution in [0.25, 0.3) is 11.0 Å². The molecule has 2 aliphatic rings. The predicted octanol–water partition coefficient (Wildman–Crippen LogP) is 4.46. The number of Topliss-reactive ketones (excluding diaryl/α,β-unsaturated/α-hetero) is 1. The first kappa shape index (κ1) is 21.8. The Morgan fingerprint density at radius 2 is 1.45 bits per heavy atom. The fraction of sp³-hybridized carbons (Fsp3) is 0.667. The van der Waals surface area contributed by atoms with Crippen molar-refractivity contribution in [1.82, 2.24) is 14.0 Å². The van der Waals surface area contributed by atoms with Crippen LogP contribution >= 0.6 is 0 Å². The topological polar surface area (TPSA) is 47.2 Å². The van der Waals surface area contributed by atoms with Gasteiger partial charge < -0.3 is 4.90 Å². The van der Waals surface area contributed by atoms with Crippen LogP contribution in [0.3, 0.4) is 0 Å². The van der Waals surface area contributed by atoms with Crippen LogP contribution in [0.15, 0.2) is 29.1 Å². The maximum absolute atomic E-state index is 13.1. The highest BCUT2D eigenvalue weighted by Gasteiger charge is 2.23. The van der Waals surface area contributed by atoms with Gasteiger partial charge in [0.2, 0.25) is 0 Å². The van der Waals surface area contributed by atoms with E-state index in [2.05, 4.69) is 4.90 Å². The molecule has 2 heterocycles. The Hall–Kier alpha value is -1.88. The van der Waals surface area contributed by atoms with E-state index in [0.717, 1.165) is 56.4 Å². The zero-order valence-corrected chi connectivity index (χ0v) is 18.2. The van der Waals surface area contributed by atoms with E-state index in [1.807, 2.05) is 42.7 Å². The van der Waals surface area contributed by atoms with Gasteiger partial charge in [-0.2, -0.15) is 0 Å². The van der Waals surface area contributed by atoms with Gasteiger partial charge in [-0.25, -0.2) is 4.79 Å². The Bertz CT molecular complexity index is 839. The largest absolute Gasteiger partial charge is 0.329 e. The van der Waals surface area contributed by atoms with Crippen molar-refractivity contribution < 1.29 is 4.79 Å². The average molecular weight is 400 g/mol. The first-order valence-electron chi connectivity index (χ1n) is 11.7. The fourth-order valence-corrected chi connectivity index (χ4v) is 4.78. The summed E-state index contributed by atoms with van der Waals surface area (Å²) in [6.45, 7) is 8.09. The minimum absolute atomic E-state index is 0.0302. The molecule has 0 bridgehead atoms. The lowest BCUT2D eigenvalue weighted by Gasteiger charge is -2.26. The van der Waals surface area contributed by atoms with Gasteiger partial charge in [-0.15, -0.1) is 0 Å². The summed E-state index contributed by atoms with van der Waals surface area (Å²) in [5.41, 5.74) is 1.82. The second-order valence-electron chi connectivity index (χ2n) is 8.21. The van der Waals surface area contributed by atoms with Crippen LogP contribution in [0.2, 0.25) is 0 Å². The standard InChI is InChI=1S/C22H31N3O2.C2H6/c26-21(18-9-3-1-4-10-18)17-25-20-12-6-5-11-19(20)24(22(25)27)16-15-23-13-7-2-8-14-23;1-2/h5-6,11-12,18H,1-4,7-10,13-17H2;1-2H3. The number of para-hydroxylation sites is 2. The minimum Gasteiger partial charge on any atom is -0.302 e. The molecule has 5 nitrogen and oxygen atoms in total. The maximum Gasteiger partial charge on any atom is 0.329 e. The van der Waals surface area contributed by atoms with E-state index in [9.17, 15) is 9.59 Å². The summed E-state index contributed by atoms with van der Waals surface area (Å²) < 4.78 is 3.58. The Kier molecular flexibility index (Phi) is 8.10. The maximum atomic E-state index is 13.1. The van der Waals surface area contributed by atoms with Gasteiger partial charge in [-0.1, -0.05) is 51.7 Å². The molecule has 0 N–H and O–H groups in total. The number of benzene rings is 1. The molecule has 0 radical (unpaired) electrons. The summed E-state index contributed by atoms with van der Waals surface area (Å²) in [4.78, 5) is 28.4. The van der Waals surface area contributed by atoms with E-state index in [4.69, 9.17) is 0 Å². The Balaban J connectivity index is 0.00000117. The van der Waals surface area contributed by atoms with Gasteiger partial charge in [0.05, 0.1) is 17.6 Å². The van der Waals surface area contributed by atoms with Gasteiger partial charge in [0.25, 0.3) is 0 Å². The number of hydrogen-bond donors (Lipinski definition) is 0. The number of likely N-dealkylation sites (tertiary alicyclic amines) is 1. The van der Waals surface area contributed by atoms with Gasteiger partial charge >= 0.3 is 5.69 Å². The summed E-state index contributed by atoms with van der Waals surface area (Å²) in [6, 6.07) is 7.92. The number of aromatic nitrogens is 2. The summed E-state index contributed by atoms with van der Waals surface area (Å²) in [5.74, 6) is 0.372. The molecular weight excluding hydrogens is 362 g/mol. The monoisotopic (exact) mass is 399 g/mol. The van der Waals surface area contributed by atoms with Crippen molar-refractivity contribution in [3.05, 3.63) is 34.7 Å². The number of ketones is 1. The van der Waals surface area contributed by atoms with E-state index >= 15 is 0 Å². The minimum atomic E-state index is -0.0302. The summed E-state index contributed by atoms with van der Waals surface area (Å²) in [6.07, 6.45) is 9.33. The quantitative estimate of drug-likeness (QED) is 0.720. The molecule has 2 fully saturated rings. The first-order valence-corrected chi connectivity index (χ1v) is 11.7. The molecule has 1 aromatic heterocycles. The lowest BCUT2D eigenvalue weighted by Crippen LogP contribution is -2.35. The van der Waals surface area contributed by atoms with Crippen molar-refractivity contribution in [2.75, 3.05) is 19.6 Å². The molecular formula is C24H37N3O2. The third kappa shape index (κ3) is 5.19. The number of nitrogens with zero attached hydrogens (tertiary/aromatic N) is 3. The summed E-state index contributed by atoms with van der Waals surface area (Å²) >= 11 is 0. The molecule has 1 aliphatic carbocycles. The second kappa shape index (κ2) is 10.8. The van der Waals surface area contributed by atoms with Crippen LogP contribution in [-0.2, 0) is 17.9 Å². The number of hydrogen-bond acceptors (Lipinski definition) is 3. The lowest BCUT2D eigenvalue weighted by atomic mass is 9.86. The van der Waals surface area contributed by atoms with Crippen molar-refractivity contribution in [3.63, 3.8) is 0 Å². The molecule has 1 saturated carbocycles. The van der Waals surface area contributed by atoms with Gasteiger partial charge in [0.15, 0.2) is 5.78 Å². The van der Waals surface area contributed by atoms with Crippen LogP contribution in [0.5, 0.6) is 0 Å². The molecule has 2 aromatic rings. The van der Waals surface area contributed by atoms with E-state index in [1.54, 1.807) is 4.57 Å². The third-order valence-corrected chi connectivity index (χ3v) is 6.39. The Labute approximate surface area is 174 Å². The average Bonchev–Trinajstić information content (AvgIpc) is 3.06. The zero-order valence-electron chi connectivity index (χ0n) is 18.2. The molecule has 1 saturated heterocycles. The molecule has 0 spiro atoms. The molecule has 0 unspecified atom stereocenters. The van der Waals surface area contributed by atoms with Gasteiger partial charge in [-0.3, -0.25) is 13.9 Å². The molecule has 0 atom stereocenters. The molecule has 5 heteroatoms. The number of carbonyl (C=O) groups excluding carboxylic acids is 1. The highest BCUT2D eigenvalue weighted by molar-refractivity contribution is 5.83. The van der Waals surface area contributed by atoms with Crippen LogP contribution in [-0.4, -0.2) is 39.5 Å². The number of carbonyl (C=O) groups is 1. The molecule has 1 aromatic carbocycles. The molecule has 29 heavy (non-hydrogen) atoms.